The number of carbonyl (C=O) groups excluding carboxylic acids is 2. The van der Waals surface area contributed by atoms with Crippen LogP contribution in [0.15, 0.2) is 24.3 Å². The first kappa shape index (κ1) is 23.7. The van der Waals surface area contributed by atoms with Crippen LogP contribution in [0.1, 0.15) is 57.6 Å². The minimum absolute atomic E-state index is 0. The number of hydrogen-bond acceptors (Lipinski definition) is 3. The second-order valence-corrected chi connectivity index (χ2v) is 8.83. The van der Waals surface area contributed by atoms with Crippen molar-refractivity contribution in [3.63, 3.8) is 0 Å². The van der Waals surface area contributed by atoms with Gasteiger partial charge in [-0.05, 0) is 69.5 Å². The molecule has 2 heterocycles. The topological polar surface area (TPSA) is 61.4 Å². The molecule has 0 aromatic heterocycles. The molecule has 2 aliphatic heterocycles. The highest BCUT2D eigenvalue weighted by Crippen LogP contribution is 2.28. The number of carbonyl (C=O) groups is 2. The molecule has 0 saturated carbocycles. The van der Waals surface area contributed by atoms with Gasteiger partial charge in [-0.3, -0.25) is 9.59 Å². The molecule has 2 aliphatic rings. The van der Waals surface area contributed by atoms with Gasteiger partial charge in [0.2, 0.25) is 11.8 Å². The number of rotatable bonds is 6. The Bertz CT molecular complexity index is 684. The fourth-order valence-corrected chi connectivity index (χ4v) is 4.37. The average Bonchev–Trinajstić information content (AvgIpc) is 3.26. The molecule has 5 nitrogen and oxygen atoms in total. The number of amides is 2. The van der Waals surface area contributed by atoms with Crippen LogP contribution in [-0.2, 0) is 21.4 Å². The zero-order chi connectivity index (χ0) is 20.1. The van der Waals surface area contributed by atoms with Crippen molar-refractivity contribution in [3.8, 4) is 0 Å². The molecule has 2 N–H and O–H groups in total. The van der Waals surface area contributed by atoms with Gasteiger partial charge in [-0.1, -0.05) is 31.2 Å². The van der Waals surface area contributed by atoms with Crippen molar-refractivity contribution in [1.82, 2.24) is 15.5 Å². The van der Waals surface area contributed by atoms with Crippen LogP contribution in [0.4, 0.5) is 0 Å². The first-order valence-electron chi connectivity index (χ1n) is 10.8. The number of hydrogen-bond donors (Lipinski definition) is 2. The number of halogens is 1. The van der Waals surface area contributed by atoms with E-state index in [9.17, 15) is 9.59 Å². The lowest BCUT2D eigenvalue weighted by Crippen LogP contribution is -2.50. The zero-order valence-corrected chi connectivity index (χ0v) is 18.8. The smallest absolute Gasteiger partial charge is 0.237 e. The summed E-state index contributed by atoms with van der Waals surface area (Å²) < 4.78 is 0. The number of nitrogens with one attached hydrogen (secondary N) is 2. The van der Waals surface area contributed by atoms with E-state index in [0.717, 1.165) is 57.3 Å². The second kappa shape index (κ2) is 10.4. The molecule has 3 rings (SSSR count). The van der Waals surface area contributed by atoms with Crippen molar-refractivity contribution in [2.24, 2.45) is 5.92 Å². The number of likely N-dealkylation sites (tertiary alicyclic amines) is 1. The molecule has 0 aliphatic carbocycles. The SMILES string of the molecule is CCc1ccc(C(C)(C)C(=O)N2CCCC(CNC(=O)C3CCCN3)C2)cc1.Cl. The lowest BCUT2D eigenvalue weighted by atomic mass is 9.81. The molecule has 2 saturated heterocycles. The Morgan fingerprint density at radius 2 is 1.90 bits per heavy atom. The molecule has 1 aromatic carbocycles. The maximum atomic E-state index is 13.3. The summed E-state index contributed by atoms with van der Waals surface area (Å²) in [4.78, 5) is 27.5. The van der Waals surface area contributed by atoms with Gasteiger partial charge in [0.1, 0.15) is 0 Å². The Hall–Kier alpha value is -1.59. The number of aryl methyl sites for hydroxylation is 1. The Morgan fingerprint density at radius 1 is 1.17 bits per heavy atom. The molecule has 1 aromatic rings. The quantitative estimate of drug-likeness (QED) is 0.742. The van der Waals surface area contributed by atoms with Crippen molar-refractivity contribution in [1.29, 1.82) is 0 Å². The Kier molecular flexibility index (Phi) is 8.53. The summed E-state index contributed by atoms with van der Waals surface area (Å²) in [5.41, 5.74) is 1.82. The second-order valence-electron chi connectivity index (χ2n) is 8.83. The van der Waals surface area contributed by atoms with E-state index in [4.69, 9.17) is 0 Å². The van der Waals surface area contributed by atoms with E-state index in [1.165, 1.54) is 5.56 Å². The van der Waals surface area contributed by atoms with Gasteiger partial charge in [0.15, 0.2) is 0 Å². The minimum Gasteiger partial charge on any atom is -0.354 e. The molecule has 2 fully saturated rings. The maximum absolute atomic E-state index is 13.3. The van der Waals surface area contributed by atoms with Crippen molar-refractivity contribution in [2.75, 3.05) is 26.2 Å². The van der Waals surface area contributed by atoms with Crippen LogP contribution in [0.2, 0.25) is 0 Å². The van der Waals surface area contributed by atoms with Gasteiger partial charge in [-0.2, -0.15) is 0 Å². The van der Waals surface area contributed by atoms with E-state index in [0.29, 0.717) is 12.5 Å². The monoisotopic (exact) mass is 421 g/mol. The van der Waals surface area contributed by atoms with Crippen molar-refractivity contribution >= 4 is 24.2 Å². The first-order chi connectivity index (χ1) is 13.4. The Balaban J connectivity index is 0.00000300. The zero-order valence-electron chi connectivity index (χ0n) is 18.0. The van der Waals surface area contributed by atoms with Crippen LogP contribution >= 0.6 is 12.4 Å². The van der Waals surface area contributed by atoms with Crippen LogP contribution in [0, 0.1) is 5.92 Å². The molecular weight excluding hydrogens is 386 g/mol. The van der Waals surface area contributed by atoms with Gasteiger partial charge in [0.05, 0.1) is 11.5 Å². The number of benzene rings is 1. The fraction of sp³-hybridized carbons (Fsp3) is 0.652. The summed E-state index contributed by atoms with van der Waals surface area (Å²) in [6.45, 7) is 9.31. The predicted octanol–water partition coefficient (Wildman–Crippen LogP) is 3.06. The molecule has 6 heteroatoms. The van der Waals surface area contributed by atoms with Gasteiger partial charge in [0, 0.05) is 19.6 Å². The highest BCUT2D eigenvalue weighted by molar-refractivity contribution is 5.87. The molecule has 2 atom stereocenters. The van der Waals surface area contributed by atoms with Gasteiger partial charge in [-0.25, -0.2) is 0 Å². The highest BCUT2D eigenvalue weighted by atomic mass is 35.5. The molecule has 0 spiro atoms. The van der Waals surface area contributed by atoms with Crippen LogP contribution in [-0.4, -0.2) is 48.9 Å². The Morgan fingerprint density at radius 3 is 2.52 bits per heavy atom. The molecule has 162 valence electrons. The van der Waals surface area contributed by atoms with Gasteiger partial charge in [-0.15, -0.1) is 12.4 Å². The van der Waals surface area contributed by atoms with Crippen molar-refractivity contribution < 1.29 is 9.59 Å². The standard InChI is InChI=1S/C23H35N3O2.ClH/c1-4-17-9-11-19(12-10-17)23(2,3)22(28)26-14-6-7-18(16-26)15-25-21(27)20-8-5-13-24-20;/h9-12,18,20,24H,4-8,13-16H2,1-3H3,(H,25,27);1H. The first-order valence-corrected chi connectivity index (χ1v) is 10.8. The third-order valence-electron chi connectivity index (χ3n) is 6.37. The summed E-state index contributed by atoms with van der Waals surface area (Å²) in [6, 6.07) is 8.39. The van der Waals surface area contributed by atoms with Crippen LogP contribution in [0.5, 0.6) is 0 Å². The van der Waals surface area contributed by atoms with Crippen LogP contribution in [0.3, 0.4) is 0 Å². The molecule has 0 bridgehead atoms. The third kappa shape index (κ3) is 5.73. The van der Waals surface area contributed by atoms with Crippen LogP contribution in [0.25, 0.3) is 0 Å². The third-order valence-corrected chi connectivity index (χ3v) is 6.37. The summed E-state index contributed by atoms with van der Waals surface area (Å²) in [5, 5.41) is 6.34. The van der Waals surface area contributed by atoms with Gasteiger partial charge < -0.3 is 15.5 Å². The van der Waals surface area contributed by atoms with Crippen LogP contribution < -0.4 is 10.6 Å². The summed E-state index contributed by atoms with van der Waals surface area (Å²) in [5.74, 6) is 0.629. The van der Waals surface area contributed by atoms with E-state index < -0.39 is 5.41 Å². The number of piperidine rings is 1. The lowest BCUT2D eigenvalue weighted by molar-refractivity contribution is -0.138. The Labute approximate surface area is 181 Å². The average molecular weight is 422 g/mol. The highest BCUT2D eigenvalue weighted by Gasteiger charge is 2.36. The molecule has 0 radical (unpaired) electrons. The van der Waals surface area contributed by atoms with Crippen molar-refractivity contribution in [3.05, 3.63) is 35.4 Å². The summed E-state index contributed by atoms with van der Waals surface area (Å²) in [7, 11) is 0. The summed E-state index contributed by atoms with van der Waals surface area (Å²) >= 11 is 0. The van der Waals surface area contributed by atoms with Gasteiger partial charge >= 0.3 is 0 Å². The molecular formula is C23H36ClN3O2. The molecule has 2 amide bonds. The normalized spacial score (nSPS) is 22.1. The number of nitrogens with zero attached hydrogens (tertiary/aromatic N) is 1. The van der Waals surface area contributed by atoms with Crippen molar-refractivity contribution in [2.45, 2.75) is 64.3 Å². The maximum Gasteiger partial charge on any atom is 0.237 e. The largest absolute Gasteiger partial charge is 0.354 e. The summed E-state index contributed by atoms with van der Waals surface area (Å²) in [6.07, 6.45) is 5.06. The molecule has 29 heavy (non-hydrogen) atoms. The van der Waals surface area contributed by atoms with Gasteiger partial charge in [0.25, 0.3) is 0 Å². The fourth-order valence-electron chi connectivity index (χ4n) is 4.37. The lowest BCUT2D eigenvalue weighted by Gasteiger charge is -2.38. The van der Waals surface area contributed by atoms with E-state index >= 15 is 0 Å². The van der Waals surface area contributed by atoms with E-state index in [1.54, 1.807) is 0 Å². The van der Waals surface area contributed by atoms with E-state index in [2.05, 4.69) is 41.8 Å². The minimum atomic E-state index is -0.537. The predicted molar refractivity (Wildman–Crippen MR) is 119 cm³/mol. The van der Waals surface area contributed by atoms with E-state index in [1.807, 2.05) is 18.7 Å². The molecule has 2 unspecified atom stereocenters. The van der Waals surface area contributed by atoms with E-state index in [-0.39, 0.29) is 30.3 Å².